The van der Waals surface area contributed by atoms with Crippen LogP contribution in [0.3, 0.4) is 0 Å². The fraction of sp³-hybridized carbons (Fsp3) is 0.952. The number of carbonyl (C=O) groups is 1. The fourth-order valence-electron chi connectivity index (χ4n) is 6.69. The Morgan fingerprint density at radius 2 is 1.65 bits per heavy atom. The molecule has 0 unspecified atom stereocenters. The number of morpholine rings is 1. The van der Waals surface area contributed by atoms with Crippen molar-refractivity contribution in [3.05, 3.63) is 0 Å². The van der Waals surface area contributed by atoms with Crippen molar-refractivity contribution in [3.8, 4) is 0 Å². The Morgan fingerprint density at radius 3 is 2.19 bits per heavy atom. The molecule has 2 amide bonds. The highest BCUT2D eigenvalue weighted by molar-refractivity contribution is 5.74. The molecule has 2 N–H and O–H groups in total. The molecule has 4 saturated carbocycles. The van der Waals surface area contributed by atoms with E-state index in [9.17, 15) is 4.79 Å². The van der Waals surface area contributed by atoms with Crippen molar-refractivity contribution in [1.29, 1.82) is 0 Å². The molecule has 0 aromatic rings. The van der Waals surface area contributed by atoms with Crippen LogP contribution in [0.4, 0.5) is 4.79 Å². The highest BCUT2D eigenvalue weighted by Crippen LogP contribution is 2.61. The van der Waals surface area contributed by atoms with Gasteiger partial charge < -0.3 is 15.4 Å². The molecule has 1 heterocycles. The Balaban J connectivity index is 1.29. The quantitative estimate of drug-likeness (QED) is 0.789. The minimum absolute atomic E-state index is 0.00887. The van der Waals surface area contributed by atoms with E-state index in [2.05, 4.69) is 36.3 Å². The van der Waals surface area contributed by atoms with Crippen LogP contribution in [0, 0.1) is 23.2 Å². The van der Waals surface area contributed by atoms with Crippen LogP contribution in [0.25, 0.3) is 0 Å². The van der Waals surface area contributed by atoms with Gasteiger partial charge in [0.25, 0.3) is 0 Å². The summed E-state index contributed by atoms with van der Waals surface area (Å²) in [5.41, 5.74) is 0.330. The second kappa shape index (κ2) is 6.97. The van der Waals surface area contributed by atoms with Gasteiger partial charge in [-0.3, -0.25) is 4.90 Å². The molecule has 5 nitrogen and oxygen atoms in total. The topological polar surface area (TPSA) is 53.6 Å². The number of carbonyl (C=O) groups excluding carboxylic acids is 1. The smallest absolute Gasteiger partial charge is 0.315 e. The third-order valence-corrected chi connectivity index (χ3v) is 7.90. The maximum Gasteiger partial charge on any atom is 0.315 e. The van der Waals surface area contributed by atoms with Crippen molar-refractivity contribution in [3.63, 3.8) is 0 Å². The summed E-state index contributed by atoms with van der Waals surface area (Å²) in [4.78, 5) is 15.0. The van der Waals surface area contributed by atoms with E-state index >= 15 is 0 Å². The lowest BCUT2D eigenvalue weighted by molar-refractivity contribution is -0.0682. The zero-order valence-electron chi connectivity index (χ0n) is 16.9. The van der Waals surface area contributed by atoms with Crippen LogP contribution >= 0.6 is 0 Å². The predicted molar refractivity (Wildman–Crippen MR) is 103 cm³/mol. The summed E-state index contributed by atoms with van der Waals surface area (Å²) < 4.78 is 5.45. The zero-order valence-corrected chi connectivity index (χ0v) is 16.9. The first-order chi connectivity index (χ1) is 12.4. The number of urea groups is 1. The molecule has 26 heavy (non-hydrogen) atoms. The number of nitrogens with zero attached hydrogens (tertiary/aromatic N) is 1. The van der Waals surface area contributed by atoms with Gasteiger partial charge in [-0.15, -0.1) is 0 Å². The van der Waals surface area contributed by atoms with Gasteiger partial charge in [0, 0.05) is 31.2 Å². The van der Waals surface area contributed by atoms with Crippen molar-refractivity contribution in [2.75, 3.05) is 32.8 Å². The molecular weight excluding hydrogens is 326 g/mol. The molecule has 1 aliphatic heterocycles. The molecule has 0 radical (unpaired) electrons. The Hall–Kier alpha value is -0.810. The molecule has 5 heteroatoms. The van der Waals surface area contributed by atoms with E-state index in [4.69, 9.17) is 4.74 Å². The average Bonchev–Trinajstić information content (AvgIpc) is 2.60. The molecule has 4 aliphatic carbocycles. The third kappa shape index (κ3) is 3.62. The van der Waals surface area contributed by atoms with Crippen molar-refractivity contribution < 1.29 is 9.53 Å². The molecule has 0 spiro atoms. The number of hydrogen-bond donors (Lipinski definition) is 2. The molecule has 1 atom stereocenters. The van der Waals surface area contributed by atoms with Gasteiger partial charge in [0.1, 0.15) is 0 Å². The zero-order chi connectivity index (χ0) is 18.4. The molecule has 5 fully saturated rings. The molecule has 4 bridgehead atoms. The number of nitrogens with one attached hydrogen (secondary N) is 2. The number of rotatable bonds is 5. The van der Waals surface area contributed by atoms with Crippen LogP contribution in [0.1, 0.15) is 59.3 Å². The van der Waals surface area contributed by atoms with Crippen molar-refractivity contribution in [2.45, 2.75) is 70.9 Å². The van der Waals surface area contributed by atoms with Crippen molar-refractivity contribution in [2.24, 2.45) is 23.2 Å². The highest BCUT2D eigenvalue weighted by Gasteiger charge is 2.53. The normalized spacial score (nSPS) is 38.2. The SMILES string of the molecule is C[C@H](NC(=O)NCC(C)(C)N1CCOCC1)C12CC3CC(CC(C3)C1)C2. The summed E-state index contributed by atoms with van der Waals surface area (Å²) in [6.07, 6.45) is 8.35. The van der Waals surface area contributed by atoms with E-state index in [0.717, 1.165) is 44.1 Å². The van der Waals surface area contributed by atoms with E-state index in [1.807, 2.05) is 0 Å². The van der Waals surface area contributed by atoms with E-state index in [1.165, 1.54) is 38.5 Å². The summed E-state index contributed by atoms with van der Waals surface area (Å²) in [7, 11) is 0. The van der Waals surface area contributed by atoms with Gasteiger partial charge in [0.05, 0.1) is 13.2 Å². The van der Waals surface area contributed by atoms with Crippen molar-refractivity contribution >= 4 is 6.03 Å². The second-order valence-electron chi connectivity index (χ2n) is 10.2. The minimum atomic E-state index is -0.0367. The van der Waals surface area contributed by atoms with Gasteiger partial charge in [0.2, 0.25) is 0 Å². The standard InChI is InChI=1S/C21H37N3O2/c1-15(21-11-16-8-17(12-21)10-18(9-16)13-21)23-19(25)22-14-20(2,3)24-4-6-26-7-5-24/h15-18H,4-14H2,1-3H3,(H2,22,23,25)/t15-,16?,17?,18?,21?/m0/s1. The summed E-state index contributed by atoms with van der Waals surface area (Å²) in [5, 5.41) is 6.47. The average molecular weight is 364 g/mol. The van der Waals surface area contributed by atoms with Crippen LogP contribution in [0.2, 0.25) is 0 Å². The molecule has 148 valence electrons. The van der Waals surface area contributed by atoms with Gasteiger partial charge >= 0.3 is 6.03 Å². The summed E-state index contributed by atoms with van der Waals surface area (Å²) in [6.45, 7) is 10.8. The maximum atomic E-state index is 12.6. The van der Waals surface area contributed by atoms with Crippen LogP contribution in [0.5, 0.6) is 0 Å². The van der Waals surface area contributed by atoms with Gasteiger partial charge in [0.15, 0.2) is 0 Å². The predicted octanol–water partition coefficient (Wildman–Crippen LogP) is 3.00. The molecule has 5 rings (SSSR count). The van der Waals surface area contributed by atoms with Crippen LogP contribution in [-0.4, -0.2) is 55.4 Å². The fourth-order valence-corrected chi connectivity index (χ4v) is 6.69. The van der Waals surface area contributed by atoms with Crippen LogP contribution < -0.4 is 10.6 Å². The lowest BCUT2D eigenvalue weighted by atomic mass is 9.48. The van der Waals surface area contributed by atoms with Gasteiger partial charge in [-0.2, -0.15) is 0 Å². The van der Waals surface area contributed by atoms with E-state index in [1.54, 1.807) is 0 Å². The molecular formula is C21H37N3O2. The van der Waals surface area contributed by atoms with Gasteiger partial charge in [-0.25, -0.2) is 4.79 Å². The molecule has 0 aromatic heterocycles. The van der Waals surface area contributed by atoms with Crippen LogP contribution in [0.15, 0.2) is 0 Å². The summed E-state index contributed by atoms with van der Waals surface area (Å²) >= 11 is 0. The van der Waals surface area contributed by atoms with E-state index in [0.29, 0.717) is 12.0 Å². The number of ether oxygens (including phenoxy) is 1. The summed E-state index contributed by atoms with van der Waals surface area (Å²) in [6, 6.07) is 0.289. The lowest BCUT2D eigenvalue weighted by Crippen LogP contribution is -2.59. The second-order valence-corrected chi connectivity index (χ2v) is 10.2. The van der Waals surface area contributed by atoms with Gasteiger partial charge in [-0.05, 0) is 82.5 Å². The first-order valence-corrected chi connectivity index (χ1v) is 10.7. The Morgan fingerprint density at radius 1 is 1.12 bits per heavy atom. The number of amides is 2. The van der Waals surface area contributed by atoms with E-state index in [-0.39, 0.29) is 17.6 Å². The highest BCUT2D eigenvalue weighted by atomic mass is 16.5. The Kier molecular flexibility index (Phi) is 4.98. The minimum Gasteiger partial charge on any atom is -0.379 e. The molecule has 5 aliphatic rings. The first kappa shape index (κ1) is 18.5. The maximum absolute atomic E-state index is 12.6. The Bertz CT molecular complexity index is 492. The monoisotopic (exact) mass is 363 g/mol. The van der Waals surface area contributed by atoms with Crippen LogP contribution in [-0.2, 0) is 4.74 Å². The van der Waals surface area contributed by atoms with E-state index < -0.39 is 0 Å². The van der Waals surface area contributed by atoms with Gasteiger partial charge in [-0.1, -0.05) is 0 Å². The first-order valence-electron chi connectivity index (χ1n) is 10.7. The Labute approximate surface area is 158 Å². The van der Waals surface area contributed by atoms with Crippen molar-refractivity contribution in [1.82, 2.24) is 15.5 Å². The third-order valence-electron chi connectivity index (χ3n) is 7.90. The summed E-state index contributed by atoms with van der Waals surface area (Å²) in [5.74, 6) is 2.77. The molecule has 1 saturated heterocycles. The lowest BCUT2D eigenvalue weighted by Gasteiger charge is -2.59. The largest absolute Gasteiger partial charge is 0.379 e. The molecule has 0 aromatic carbocycles. The number of hydrogen-bond acceptors (Lipinski definition) is 3.